The van der Waals surface area contributed by atoms with Crippen molar-refractivity contribution in [2.24, 2.45) is 0 Å². The van der Waals surface area contributed by atoms with Crippen LogP contribution in [0.3, 0.4) is 0 Å². The molecule has 0 radical (unpaired) electrons. The lowest BCUT2D eigenvalue weighted by atomic mass is 9.89. The van der Waals surface area contributed by atoms with Gasteiger partial charge in [0.1, 0.15) is 0 Å². The van der Waals surface area contributed by atoms with Crippen molar-refractivity contribution in [1.82, 2.24) is 19.7 Å². The second-order valence-electron chi connectivity index (χ2n) is 6.59. The fourth-order valence-electron chi connectivity index (χ4n) is 3.60. The van der Waals surface area contributed by atoms with Gasteiger partial charge in [0.15, 0.2) is 0 Å². The molecular formula is C21H22Cl2N4O2. The molecule has 0 saturated heterocycles. The third kappa shape index (κ3) is 3.95. The molecule has 1 aromatic carbocycles. The number of aromatic nitrogens is 3. The Morgan fingerprint density at radius 2 is 1.90 bits per heavy atom. The van der Waals surface area contributed by atoms with Crippen LogP contribution in [0.5, 0.6) is 5.88 Å². The summed E-state index contributed by atoms with van der Waals surface area (Å²) < 4.78 is 7.60. The van der Waals surface area contributed by atoms with Gasteiger partial charge < -0.3 is 9.64 Å². The zero-order chi connectivity index (χ0) is 19.7. The average Bonchev–Trinajstić information content (AvgIpc) is 3.08. The summed E-state index contributed by atoms with van der Waals surface area (Å²) in [5.74, 6) is 0.326. The summed E-state index contributed by atoms with van der Waals surface area (Å²) >= 11 is 6.19. The molecule has 0 fully saturated rings. The van der Waals surface area contributed by atoms with Crippen LogP contribution in [-0.4, -0.2) is 38.8 Å². The van der Waals surface area contributed by atoms with E-state index in [2.05, 4.69) is 10.1 Å². The normalized spacial score (nSPS) is 11.8. The monoisotopic (exact) mass is 432 g/mol. The summed E-state index contributed by atoms with van der Waals surface area (Å²) in [4.78, 5) is 18.3. The lowest BCUT2D eigenvalue weighted by molar-refractivity contribution is 0.155. The molecule has 3 aromatic rings. The molecule has 0 saturated carbocycles. The van der Waals surface area contributed by atoms with Crippen molar-refractivity contribution in [2.45, 2.75) is 26.7 Å². The summed E-state index contributed by atoms with van der Waals surface area (Å²) in [7, 11) is 0. The van der Waals surface area contributed by atoms with Crippen LogP contribution in [0.4, 0.5) is 4.79 Å². The zero-order valence-corrected chi connectivity index (χ0v) is 17.8. The summed E-state index contributed by atoms with van der Waals surface area (Å²) in [6.45, 7) is 5.00. The molecule has 2 heterocycles. The molecular weight excluding hydrogens is 411 g/mol. The largest absolute Gasteiger partial charge is 0.416 e. The fourth-order valence-corrected chi connectivity index (χ4v) is 3.79. The van der Waals surface area contributed by atoms with Gasteiger partial charge in [-0.3, -0.25) is 4.98 Å². The molecule has 1 aliphatic carbocycles. The van der Waals surface area contributed by atoms with Crippen LogP contribution < -0.4 is 4.74 Å². The van der Waals surface area contributed by atoms with E-state index in [0.29, 0.717) is 24.0 Å². The molecule has 6 nitrogen and oxygen atoms in total. The summed E-state index contributed by atoms with van der Waals surface area (Å²) in [5.41, 5.74) is 4.90. The molecule has 29 heavy (non-hydrogen) atoms. The van der Waals surface area contributed by atoms with Crippen LogP contribution in [0.1, 0.15) is 25.1 Å². The SMILES string of the molecule is CCN(CC)C(=O)Oc1nn(-c2ccncc2)c2c1-c1ccc(Cl)cc1CC2.Cl. The van der Waals surface area contributed by atoms with E-state index in [0.717, 1.165) is 40.9 Å². The Morgan fingerprint density at radius 3 is 2.59 bits per heavy atom. The molecule has 4 rings (SSSR count). The number of benzene rings is 1. The third-order valence-corrected chi connectivity index (χ3v) is 5.26. The number of amides is 1. The number of hydrogen-bond acceptors (Lipinski definition) is 4. The first kappa shape index (κ1) is 21.1. The van der Waals surface area contributed by atoms with Gasteiger partial charge in [-0.2, -0.15) is 0 Å². The van der Waals surface area contributed by atoms with E-state index < -0.39 is 6.09 Å². The highest BCUT2D eigenvalue weighted by atomic mass is 35.5. The molecule has 0 unspecified atom stereocenters. The number of nitrogens with zero attached hydrogens (tertiary/aromatic N) is 4. The average molecular weight is 433 g/mol. The van der Waals surface area contributed by atoms with Gasteiger partial charge in [-0.05, 0) is 62.1 Å². The minimum atomic E-state index is -0.395. The Kier molecular flexibility index (Phi) is 6.45. The molecule has 0 N–H and O–H groups in total. The Morgan fingerprint density at radius 1 is 1.17 bits per heavy atom. The van der Waals surface area contributed by atoms with Gasteiger partial charge in [-0.25, -0.2) is 9.48 Å². The summed E-state index contributed by atoms with van der Waals surface area (Å²) in [5, 5.41) is 5.36. The summed E-state index contributed by atoms with van der Waals surface area (Å²) in [6, 6.07) is 9.58. The van der Waals surface area contributed by atoms with Crippen molar-refractivity contribution in [2.75, 3.05) is 13.1 Å². The van der Waals surface area contributed by atoms with Crippen LogP contribution >= 0.6 is 24.0 Å². The molecule has 0 bridgehead atoms. The lowest BCUT2D eigenvalue weighted by Gasteiger charge is -2.20. The van der Waals surface area contributed by atoms with Gasteiger partial charge in [0.25, 0.3) is 5.88 Å². The Balaban J connectivity index is 0.00000240. The predicted octanol–water partition coefficient (Wildman–Crippen LogP) is 4.95. The fraction of sp³-hybridized carbons (Fsp3) is 0.286. The number of carbonyl (C=O) groups excluding carboxylic acids is 1. The molecule has 0 atom stereocenters. The Bertz CT molecular complexity index is 1020. The maximum Gasteiger partial charge on any atom is 0.416 e. The number of rotatable bonds is 4. The van der Waals surface area contributed by atoms with Gasteiger partial charge in [-0.15, -0.1) is 17.5 Å². The van der Waals surface area contributed by atoms with E-state index in [1.54, 1.807) is 17.3 Å². The topological polar surface area (TPSA) is 60.3 Å². The van der Waals surface area contributed by atoms with Crippen LogP contribution in [0.25, 0.3) is 16.8 Å². The first-order chi connectivity index (χ1) is 13.6. The predicted molar refractivity (Wildman–Crippen MR) is 115 cm³/mol. The van der Waals surface area contributed by atoms with Crippen LogP contribution in [0.2, 0.25) is 5.02 Å². The molecule has 0 spiro atoms. The molecule has 2 aromatic heterocycles. The van der Waals surface area contributed by atoms with Gasteiger partial charge in [0.05, 0.1) is 16.9 Å². The van der Waals surface area contributed by atoms with E-state index in [1.165, 1.54) is 0 Å². The number of pyridine rings is 1. The highest BCUT2D eigenvalue weighted by Crippen LogP contribution is 2.41. The first-order valence-electron chi connectivity index (χ1n) is 9.40. The second-order valence-corrected chi connectivity index (χ2v) is 7.02. The highest BCUT2D eigenvalue weighted by Gasteiger charge is 2.29. The third-order valence-electron chi connectivity index (χ3n) is 5.03. The standard InChI is InChI=1S/C21H21ClN4O2.ClH/c1-3-25(4-2)21(27)28-20-19-17-7-6-15(22)13-14(17)5-8-18(19)26(24-20)16-9-11-23-12-10-16;/h6-7,9-13H,3-5,8H2,1-2H3;1H. The number of aryl methyl sites for hydroxylation is 1. The number of ether oxygens (including phenoxy) is 1. The van der Waals surface area contributed by atoms with E-state index >= 15 is 0 Å². The smallest absolute Gasteiger partial charge is 0.389 e. The van der Waals surface area contributed by atoms with Gasteiger partial charge in [0, 0.05) is 30.5 Å². The van der Waals surface area contributed by atoms with Crippen LogP contribution in [0, 0.1) is 0 Å². The number of fused-ring (bicyclic) bond motifs is 3. The van der Waals surface area contributed by atoms with Crippen molar-refractivity contribution < 1.29 is 9.53 Å². The van der Waals surface area contributed by atoms with Crippen LogP contribution in [-0.2, 0) is 12.8 Å². The van der Waals surface area contributed by atoms with Gasteiger partial charge in [-0.1, -0.05) is 17.7 Å². The lowest BCUT2D eigenvalue weighted by Crippen LogP contribution is -2.33. The second kappa shape index (κ2) is 8.84. The summed E-state index contributed by atoms with van der Waals surface area (Å²) in [6.07, 6.45) is 4.68. The molecule has 1 amide bonds. The molecule has 0 aliphatic heterocycles. The van der Waals surface area contributed by atoms with Crippen molar-refractivity contribution in [3.05, 3.63) is 59.0 Å². The van der Waals surface area contributed by atoms with Gasteiger partial charge in [0.2, 0.25) is 0 Å². The van der Waals surface area contributed by atoms with E-state index in [9.17, 15) is 4.79 Å². The minimum absolute atomic E-state index is 0. The molecule has 152 valence electrons. The zero-order valence-electron chi connectivity index (χ0n) is 16.3. The van der Waals surface area contributed by atoms with Crippen LogP contribution in [0.15, 0.2) is 42.7 Å². The quantitative estimate of drug-likeness (QED) is 0.584. The van der Waals surface area contributed by atoms with E-state index in [4.69, 9.17) is 16.3 Å². The van der Waals surface area contributed by atoms with Crippen molar-refractivity contribution in [3.8, 4) is 22.7 Å². The van der Waals surface area contributed by atoms with Crippen molar-refractivity contribution in [1.29, 1.82) is 0 Å². The number of halogens is 2. The van der Waals surface area contributed by atoms with Crippen molar-refractivity contribution in [3.63, 3.8) is 0 Å². The first-order valence-corrected chi connectivity index (χ1v) is 9.78. The highest BCUT2D eigenvalue weighted by molar-refractivity contribution is 6.30. The van der Waals surface area contributed by atoms with E-state index in [1.807, 2.05) is 48.9 Å². The maximum absolute atomic E-state index is 12.6. The van der Waals surface area contributed by atoms with E-state index in [-0.39, 0.29) is 12.4 Å². The maximum atomic E-state index is 12.6. The molecule has 8 heteroatoms. The Labute approximate surface area is 180 Å². The van der Waals surface area contributed by atoms with Gasteiger partial charge >= 0.3 is 6.09 Å². The molecule has 1 aliphatic rings. The van der Waals surface area contributed by atoms with Crippen molar-refractivity contribution >= 4 is 30.1 Å². The number of carbonyl (C=O) groups is 1. The minimum Gasteiger partial charge on any atom is -0.389 e. The Hall–Kier alpha value is -2.57. The number of hydrogen-bond donors (Lipinski definition) is 0.